The first-order chi connectivity index (χ1) is 14.9. The molecule has 4 rings (SSSR count). The number of nitrogens with zero attached hydrogens (tertiary/aromatic N) is 3. The first-order valence-corrected chi connectivity index (χ1v) is 10.3. The standard InChI is InChI=1S/C21H10BrN3O5S/c22-16-6-11(1-3-18(16)26)5-13(9-23)20-24-17(10-31-20)15-8-12-7-14(25(28)29)2-4-19(12)30-21(15)27/h1-8,10,26H/b13-5+. The number of nitro benzene ring substituents is 1. The summed E-state index contributed by atoms with van der Waals surface area (Å²) in [5, 5.41) is 32.6. The average molecular weight is 496 g/mol. The van der Waals surface area contributed by atoms with Crippen LogP contribution in [0, 0.1) is 21.4 Å². The fourth-order valence-electron chi connectivity index (χ4n) is 2.85. The quantitative estimate of drug-likeness (QED) is 0.174. The van der Waals surface area contributed by atoms with Gasteiger partial charge in [-0.2, -0.15) is 5.26 Å². The Labute approximate surface area is 186 Å². The first-order valence-electron chi connectivity index (χ1n) is 8.64. The molecule has 0 aliphatic carbocycles. The Hall–Kier alpha value is -3.81. The van der Waals surface area contributed by atoms with Crippen molar-refractivity contribution >= 4 is 55.6 Å². The largest absolute Gasteiger partial charge is 0.507 e. The van der Waals surface area contributed by atoms with Crippen molar-refractivity contribution in [3.8, 4) is 23.1 Å². The molecule has 31 heavy (non-hydrogen) atoms. The van der Waals surface area contributed by atoms with Gasteiger partial charge in [0.15, 0.2) is 0 Å². The van der Waals surface area contributed by atoms with Gasteiger partial charge in [0, 0.05) is 22.9 Å². The molecule has 2 aromatic carbocycles. The third-order valence-corrected chi connectivity index (χ3v) is 5.85. The Morgan fingerprint density at radius 2 is 2.10 bits per heavy atom. The Balaban J connectivity index is 1.76. The molecule has 0 atom stereocenters. The number of allylic oxidation sites excluding steroid dienone is 1. The van der Waals surface area contributed by atoms with Crippen molar-refractivity contribution < 1.29 is 14.4 Å². The van der Waals surface area contributed by atoms with Crippen LogP contribution in [0.2, 0.25) is 0 Å². The number of nitriles is 1. The van der Waals surface area contributed by atoms with Gasteiger partial charge in [-0.1, -0.05) is 6.07 Å². The molecule has 0 spiro atoms. The molecule has 0 saturated heterocycles. The Morgan fingerprint density at radius 1 is 1.29 bits per heavy atom. The SMILES string of the molecule is N#C/C(=C\c1ccc(O)c(Br)c1)c1nc(-c2cc3cc([N+](=O)[O-])ccc3oc2=O)cs1. The van der Waals surface area contributed by atoms with E-state index in [-0.39, 0.29) is 28.2 Å². The maximum absolute atomic E-state index is 12.4. The number of aromatic hydroxyl groups is 1. The van der Waals surface area contributed by atoms with E-state index in [1.54, 1.807) is 23.6 Å². The lowest BCUT2D eigenvalue weighted by atomic mass is 10.1. The lowest BCUT2D eigenvalue weighted by molar-refractivity contribution is -0.384. The van der Waals surface area contributed by atoms with Gasteiger partial charge in [-0.3, -0.25) is 10.1 Å². The summed E-state index contributed by atoms with van der Waals surface area (Å²) in [6.07, 6.45) is 1.61. The van der Waals surface area contributed by atoms with Crippen molar-refractivity contribution in [1.82, 2.24) is 4.98 Å². The molecule has 0 amide bonds. The summed E-state index contributed by atoms with van der Waals surface area (Å²) in [6, 6.07) is 12.3. The van der Waals surface area contributed by atoms with Crippen LogP contribution in [0.25, 0.3) is 33.9 Å². The van der Waals surface area contributed by atoms with E-state index in [2.05, 4.69) is 27.0 Å². The molecule has 4 aromatic rings. The van der Waals surface area contributed by atoms with Crippen molar-refractivity contribution in [2.45, 2.75) is 0 Å². The number of hydrogen-bond acceptors (Lipinski definition) is 8. The van der Waals surface area contributed by atoms with Crippen LogP contribution in [-0.2, 0) is 0 Å². The van der Waals surface area contributed by atoms with Crippen molar-refractivity contribution in [2.24, 2.45) is 0 Å². The number of fused-ring (bicyclic) bond motifs is 1. The van der Waals surface area contributed by atoms with Crippen molar-refractivity contribution in [3.05, 3.63) is 83.4 Å². The zero-order chi connectivity index (χ0) is 22.1. The first kappa shape index (κ1) is 20.5. The van der Waals surface area contributed by atoms with E-state index in [1.165, 1.54) is 41.7 Å². The highest BCUT2D eigenvalue weighted by atomic mass is 79.9. The molecule has 0 aliphatic rings. The molecule has 0 unspecified atom stereocenters. The molecule has 0 fully saturated rings. The lowest BCUT2D eigenvalue weighted by Crippen LogP contribution is -2.03. The maximum Gasteiger partial charge on any atom is 0.345 e. The second-order valence-corrected chi connectivity index (χ2v) is 8.06. The van der Waals surface area contributed by atoms with Crippen molar-refractivity contribution in [3.63, 3.8) is 0 Å². The van der Waals surface area contributed by atoms with E-state index < -0.39 is 10.5 Å². The Kier molecular flexibility index (Phi) is 5.37. The fraction of sp³-hybridized carbons (Fsp3) is 0. The molecule has 0 saturated carbocycles. The number of phenols is 1. The van der Waals surface area contributed by atoms with Crippen molar-refractivity contribution in [1.29, 1.82) is 5.26 Å². The molecule has 2 heterocycles. The summed E-state index contributed by atoms with van der Waals surface area (Å²) in [7, 11) is 0. The monoisotopic (exact) mass is 495 g/mol. The number of thiazole rings is 1. The number of halogens is 1. The third kappa shape index (κ3) is 4.09. The molecule has 10 heteroatoms. The van der Waals surface area contributed by atoms with Crippen LogP contribution in [-0.4, -0.2) is 15.0 Å². The predicted octanol–water partition coefficient (Wildman–Crippen LogP) is 5.36. The van der Waals surface area contributed by atoms with Gasteiger partial charge >= 0.3 is 5.63 Å². The number of nitro groups is 1. The number of benzene rings is 2. The third-order valence-electron chi connectivity index (χ3n) is 4.34. The minimum Gasteiger partial charge on any atom is -0.507 e. The zero-order valence-electron chi connectivity index (χ0n) is 15.4. The number of hydrogen-bond donors (Lipinski definition) is 1. The van der Waals surface area contributed by atoms with Gasteiger partial charge in [0.2, 0.25) is 0 Å². The number of non-ortho nitro benzene ring substituents is 1. The normalized spacial score (nSPS) is 11.4. The van der Waals surface area contributed by atoms with Crippen molar-refractivity contribution in [2.75, 3.05) is 0 Å². The highest BCUT2D eigenvalue weighted by molar-refractivity contribution is 9.10. The highest BCUT2D eigenvalue weighted by Gasteiger charge is 2.15. The van der Waals surface area contributed by atoms with Crippen LogP contribution in [0.5, 0.6) is 5.75 Å². The van der Waals surface area contributed by atoms with Gasteiger partial charge in [-0.05, 0) is 51.8 Å². The summed E-state index contributed by atoms with van der Waals surface area (Å²) < 4.78 is 5.76. The second-order valence-electron chi connectivity index (χ2n) is 6.35. The number of rotatable bonds is 4. The van der Waals surface area contributed by atoms with Crippen LogP contribution in [0.15, 0.2) is 61.5 Å². The van der Waals surface area contributed by atoms with E-state index in [1.807, 2.05) is 0 Å². The highest BCUT2D eigenvalue weighted by Crippen LogP contribution is 2.30. The lowest BCUT2D eigenvalue weighted by Gasteiger charge is -2.00. The van der Waals surface area contributed by atoms with Gasteiger partial charge in [-0.15, -0.1) is 11.3 Å². The van der Waals surface area contributed by atoms with Crippen LogP contribution in [0.3, 0.4) is 0 Å². The van der Waals surface area contributed by atoms with Crippen LogP contribution in [0.1, 0.15) is 10.6 Å². The Morgan fingerprint density at radius 3 is 2.81 bits per heavy atom. The second kappa shape index (κ2) is 8.14. The predicted molar refractivity (Wildman–Crippen MR) is 120 cm³/mol. The van der Waals surface area contributed by atoms with E-state index in [0.29, 0.717) is 26.1 Å². The number of aromatic nitrogens is 1. The summed E-state index contributed by atoms with van der Waals surface area (Å²) in [5.41, 5.74) is 0.856. The van der Waals surface area contributed by atoms with E-state index in [9.17, 15) is 25.3 Å². The molecular formula is C21H10BrN3O5S. The van der Waals surface area contributed by atoms with Gasteiger partial charge in [0.25, 0.3) is 5.69 Å². The molecule has 0 aliphatic heterocycles. The van der Waals surface area contributed by atoms with Crippen LogP contribution < -0.4 is 5.63 Å². The molecule has 2 aromatic heterocycles. The Bertz CT molecular complexity index is 1480. The van der Waals surface area contributed by atoms with Gasteiger partial charge in [-0.25, -0.2) is 9.78 Å². The number of phenolic OH excluding ortho intramolecular Hbond substituents is 1. The average Bonchev–Trinajstić information content (AvgIpc) is 3.23. The van der Waals surface area contributed by atoms with Gasteiger partial charge < -0.3 is 9.52 Å². The molecule has 8 nitrogen and oxygen atoms in total. The topological polar surface area (TPSA) is 130 Å². The fourth-order valence-corrected chi connectivity index (χ4v) is 4.03. The molecule has 152 valence electrons. The minimum atomic E-state index is -0.636. The summed E-state index contributed by atoms with van der Waals surface area (Å²) >= 11 is 4.40. The maximum atomic E-state index is 12.4. The van der Waals surface area contributed by atoms with E-state index in [0.717, 1.165) is 0 Å². The van der Waals surface area contributed by atoms with E-state index in [4.69, 9.17) is 4.42 Å². The van der Waals surface area contributed by atoms with E-state index >= 15 is 0 Å². The summed E-state index contributed by atoms with van der Waals surface area (Å²) in [5.74, 6) is 0.0791. The minimum absolute atomic E-state index is 0.0791. The zero-order valence-corrected chi connectivity index (χ0v) is 17.8. The van der Waals surface area contributed by atoms with Gasteiger partial charge in [0.1, 0.15) is 22.4 Å². The molecular weight excluding hydrogens is 486 g/mol. The van der Waals surface area contributed by atoms with Crippen LogP contribution in [0.4, 0.5) is 5.69 Å². The van der Waals surface area contributed by atoms with Crippen LogP contribution >= 0.6 is 27.3 Å². The molecule has 1 N–H and O–H groups in total. The summed E-state index contributed by atoms with van der Waals surface area (Å²) in [4.78, 5) is 27.3. The molecule has 0 bridgehead atoms. The summed E-state index contributed by atoms with van der Waals surface area (Å²) in [6.45, 7) is 0. The molecule has 0 radical (unpaired) electrons. The smallest absolute Gasteiger partial charge is 0.345 e. The van der Waals surface area contributed by atoms with Gasteiger partial charge in [0.05, 0.1) is 26.2 Å².